The largest absolute Gasteiger partial charge is 0.397 e. The van der Waals surface area contributed by atoms with Crippen molar-refractivity contribution in [3.05, 3.63) is 0 Å². The summed E-state index contributed by atoms with van der Waals surface area (Å²) in [7, 11) is 2.45. The van der Waals surface area contributed by atoms with Crippen LogP contribution in [0.5, 0.6) is 0 Å². The van der Waals surface area contributed by atoms with E-state index in [4.69, 9.17) is 8.85 Å². The van der Waals surface area contributed by atoms with Gasteiger partial charge >= 0.3 is 9.28 Å². The van der Waals surface area contributed by atoms with Gasteiger partial charge in [-0.2, -0.15) is 0 Å². The van der Waals surface area contributed by atoms with Crippen molar-refractivity contribution in [2.75, 3.05) is 25.2 Å². The number of hydrogen-bond donors (Lipinski definition) is 0. The van der Waals surface area contributed by atoms with Crippen molar-refractivity contribution in [2.24, 2.45) is 0 Å². The Morgan fingerprint density at radius 3 is 2.23 bits per heavy atom. The van der Waals surface area contributed by atoms with Crippen molar-refractivity contribution in [1.29, 1.82) is 0 Å². The third-order valence-electron chi connectivity index (χ3n) is 1.49. The second kappa shape index (κ2) is 10.9. The molecule has 0 unspecified atom stereocenters. The third-order valence-corrected chi connectivity index (χ3v) is 5.68. The zero-order valence-corrected chi connectivity index (χ0v) is 11.5. The molecular weight excluding hydrogens is 220 g/mol. The molecule has 0 rings (SSSR count). The van der Waals surface area contributed by atoms with E-state index in [1.165, 1.54) is 12.2 Å². The molecule has 0 bridgehead atoms. The molecule has 0 aromatic rings. The van der Waals surface area contributed by atoms with E-state index >= 15 is 0 Å². The average molecular weight is 240 g/mol. The van der Waals surface area contributed by atoms with Crippen molar-refractivity contribution >= 4 is 30.9 Å². The van der Waals surface area contributed by atoms with Crippen LogP contribution in [0.2, 0.25) is 6.04 Å². The van der Waals surface area contributed by atoms with Crippen LogP contribution < -0.4 is 0 Å². The minimum Gasteiger partial charge on any atom is -0.397 e. The van der Waals surface area contributed by atoms with E-state index in [1.54, 1.807) is 0 Å². The molecule has 0 amide bonds. The van der Waals surface area contributed by atoms with Crippen LogP contribution in [0.4, 0.5) is 0 Å². The summed E-state index contributed by atoms with van der Waals surface area (Å²) in [6.07, 6.45) is 3.34. The van der Waals surface area contributed by atoms with Gasteiger partial charge in [0.2, 0.25) is 0 Å². The molecule has 0 aliphatic carbocycles. The van der Waals surface area contributed by atoms with E-state index in [9.17, 15) is 0 Å². The Hall–Kier alpha value is 0.837. The van der Waals surface area contributed by atoms with Crippen molar-refractivity contribution in [2.45, 2.75) is 26.3 Å². The Bertz CT molecular complexity index is 100. The normalized spacial score (nSPS) is 11.1. The first kappa shape index (κ1) is 13.8. The summed E-state index contributed by atoms with van der Waals surface area (Å²) in [5.41, 5.74) is 0. The van der Waals surface area contributed by atoms with Crippen LogP contribution in [0, 0.1) is 0 Å². The highest BCUT2D eigenvalue weighted by Crippen LogP contribution is 2.19. The predicted molar refractivity (Wildman–Crippen MR) is 65.8 cm³/mol. The molecule has 0 N–H and O–H groups in total. The van der Waals surface area contributed by atoms with Crippen LogP contribution in [-0.2, 0) is 8.85 Å². The molecule has 5 heteroatoms. The van der Waals surface area contributed by atoms with E-state index in [2.05, 4.69) is 6.26 Å². The maximum atomic E-state index is 5.56. The van der Waals surface area contributed by atoms with Crippen molar-refractivity contribution in [1.82, 2.24) is 0 Å². The van der Waals surface area contributed by atoms with Gasteiger partial charge in [-0.05, 0) is 32.6 Å². The fourth-order valence-corrected chi connectivity index (χ4v) is 4.29. The molecule has 0 atom stereocenters. The fraction of sp³-hybridized carbons (Fsp3) is 1.00. The minimum atomic E-state index is -1.30. The highest BCUT2D eigenvalue weighted by molar-refractivity contribution is 8.76. The van der Waals surface area contributed by atoms with Gasteiger partial charge in [0, 0.05) is 19.0 Å². The quantitative estimate of drug-likeness (QED) is 0.350. The highest BCUT2D eigenvalue weighted by Gasteiger charge is 2.10. The third kappa shape index (κ3) is 9.15. The predicted octanol–water partition coefficient (Wildman–Crippen LogP) is 2.68. The maximum Gasteiger partial charge on any atom is 0.321 e. The van der Waals surface area contributed by atoms with Gasteiger partial charge in [-0.3, -0.25) is 0 Å². The molecule has 0 spiro atoms. The summed E-state index contributed by atoms with van der Waals surface area (Å²) in [5.74, 6) is 1.21. The zero-order chi connectivity index (χ0) is 9.94. The zero-order valence-electron chi connectivity index (χ0n) is 8.75. The molecule has 2 nitrogen and oxygen atoms in total. The van der Waals surface area contributed by atoms with Crippen LogP contribution in [0.25, 0.3) is 0 Å². The molecule has 0 fully saturated rings. The van der Waals surface area contributed by atoms with Gasteiger partial charge in [0.15, 0.2) is 0 Å². The van der Waals surface area contributed by atoms with E-state index in [0.717, 1.165) is 19.3 Å². The van der Waals surface area contributed by atoms with E-state index < -0.39 is 9.28 Å². The Morgan fingerprint density at radius 1 is 1.15 bits per heavy atom. The fourth-order valence-electron chi connectivity index (χ4n) is 0.979. The van der Waals surface area contributed by atoms with Gasteiger partial charge in [-0.25, -0.2) is 0 Å². The summed E-state index contributed by atoms with van der Waals surface area (Å²) < 4.78 is 11.1. The summed E-state index contributed by atoms with van der Waals surface area (Å²) >= 11 is 0. The second-order valence-corrected chi connectivity index (χ2v) is 7.26. The lowest BCUT2D eigenvalue weighted by Gasteiger charge is -2.13. The lowest BCUT2D eigenvalue weighted by molar-refractivity contribution is 0.213. The molecule has 0 saturated heterocycles. The standard InChI is InChI=1S/C8H20O2S2Si/c1-4-9-13(10-5-2)8-6-7-12-11-3/h13H,4-8H2,1-3H3. The molecule has 0 radical (unpaired) electrons. The summed E-state index contributed by atoms with van der Waals surface area (Å²) in [6.45, 7) is 5.67. The highest BCUT2D eigenvalue weighted by atomic mass is 33.1. The van der Waals surface area contributed by atoms with Gasteiger partial charge in [0.25, 0.3) is 0 Å². The number of hydrogen-bond acceptors (Lipinski definition) is 4. The van der Waals surface area contributed by atoms with Crippen LogP contribution in [-0.4, -0.2) is 34.5 Å². The molecule has 0 aromatic heterocycles. The van der Waals surface area contributed by atoms with Crippen LogP contribution in [0.15, 0.2) is 0 Å². The lowest BCUT2D eigenvalue weighted by Crippen LogP contribution is -2.22. The van der Waals surface area contributed by atoms with Crippen LogP contribution in [0.3, 0.4) is 0 Å². The van der Waals surface area contributed by atoms with Crippen LogP contribution >= 0.6 is 21.6 Å². The maximum absolute atomic E-state index is 5.56. The van der Waals surface area contributed by atoms with Gasteiger partial charge in [-0.1, -0.05) is 21.6 Å². The van der Waals surface area contributed by atoms with E-state index in [0.29, 0.717) is 0 Å². The molecular formula is C8H20O2S2Si. The smallest absolute Gasteiger partial charge is 0.321 e. The van der Waals surface area contributed by atoms with Crippen molar-refractivity contribution in [3.63, 3.8) is 0 Å². The first-order valence-electron chi connectivity index (χ1n) is 4.73. The van der Waals surface area contributed by atoms with E-state index in [1.807, 2.05) is 35.4 Å². The minimum absolute atomic E-state index is 0.798. The molecule has 0 aliphatic rings. The molecule has 0 heterocycles. The monoisotopic (exact) mass is 240 g/mol. The SMILES string of the molecule is CCO[SiH](CCCSSC)OCC. The van der Waals surface area contributed by atoms with Gasteiger partial charge in [0.1, 0.15) is 0 Å². The topological polar surface area (TPSA) is 18.5 Å². The average Bonchev–Trinajstić information content (AvgIpc) is 2.13. The Balaban J connectivity index is 3.33. The summed E-state index contributed by atoms with van der Waals surface area (Å²) in [4.78, 5) is 0. The van der Waals surface area contributed by atoms with E-state index in [-0.39, 0.29) is 0 Å². The number of rotatable bonds is 9. The Kier molecular flexibility index (Phi) is 11.6. The summed E-state index contributed by atoms with van der Waals surface area (Å²) in [5, 5.41) is 0. The van der Waals surface area contributed by atoms with Gasteiger partial charge in [0.05, 0.1) is 0 Å². The summed E-state index contributed by atoms with van der Waals surface area (Å²) in [6, 6.07) is 1.15. The molecule has 80 valence electrons. The Morgan fingerprint density at radius 2 is 1.77 bits per heavy atom. The van der Waals surface area contributed by atoms with Gasteiger partial charge < -0.3 is 8.85 Å². The molecule has 0 saturated carbocycles. The second-order valence-electron chi connectivity index (χ2n) is 2.47. The molecule has 0 aromatic carbocycles. The molecule has 13 heavy (non-hydrogen) atoms. The van der Waals surface area contributed by atoms with Crippen molar-refractivity contribution < 1.29 is 8.85 Å². The molecule has 0 aliphatic heterocycles. The first-order valence-corrected chi connectivity index (χ1v) is 9.22. The lowest BCUT2D eigenvalue weighted by atomic mass is 10.6. The van der Waals surface area contributed by atoms with Crippen molar-refractivity contribution in [3.8, 4) is 0 Å². The van der Waals surface area contributed by atoms with Gasteiger partial charge in [-0.15, -0.1) is 0 Å². The Labute approximate surface area is 91.4 Å². The van der Waals surface area contributed by atoms with Crippen LogP contribution in [0.1, 0.15) is 20.3 Å². The first-order chi connectivity index (χ1) is 6.35.